The summed E-state index contributed by atoms with van der Waals surface area (Å²) in [5, 5.41) is 3.49. The summed E-state index contributed by atoms with van der Waals surface area (Å²) < 4.78 is 11.1. The van der Waals surface area contributed by atoms with Gasteiger partial charge < -0.3 is 19.7 Å². The molecule has 2 rings (SSSR count). The molecule has 0 bridgehead atoms. The Morgan fingerprint density at radius 3 is 2.95 bits per heavy atom. The summed E-state index contributed by atoms with van der Waals surface area (Å²) in [6.45, 7) is 3.31. The molecule has 0 atom stereocenters. The van der Waals surface area contributed by atoms with E-state index in [1.165, 1.54) is 0 Å². The van der Waals surface area contributed by atoms with Crippen molar-refractivity contribution in [2.75, 3.05) is 45.8 Å². The third-order valence-electron chi connectivity index (χ3n) is 3.16. The average molecular weight is 263 g/mol. The molecule has 4 nitrogen and oxygen atoms in total. The van der Waals surface area contributed by atoms with Gasteiger partial charge >= 0.3 is 0 Å². The molecule has 1 aliphatic heterocycles. The van der Waals surface area contributed by atoms with Gasteiger partial charge in [-0.25, -0.2) is 0 Å². The Kier molecular flexibility index (Phi) is 5.48. The van der Waals surface area contributed by atoms with Crippen LogP contribution in [0.2, 0.25) is 0 Å². The van der Waals surface area contributed by atoms with Crippen LogP contribution in [-0.2, 0) is 4.74 Å². The summed E-state index contributed by atoms with van der Waals surface area (Å²) in [5.74, 6) is 0.898. The first-order valence-electron chi connectivity index (χ1n) is 6.87. The van der Waals surface area contributed by atoms with Gasteiger partial charge in [-0.15, -0.1) is 0 Å². The zero-order valence-corrected chi connectivity index (χ0v) is 11.8. The van der Waals surface area contributed by atoms with Crippen molar-refractivity contribution in [3.63, 3.8) is 0 Å². The van der Waals surface area contributed by atoms with Crippen LogP contribution in [0.3, 0.4) is 0 Å². The molecule has 4 heteroatoms. The Hall–Kier alpha value is -1.26. The number of hydrogen-bond donors (Lipinski definition) is 1. The van der Waals surface area contributed by atoms with Gasteiger partial charge in [0, 0.05) is 43.6 Å². The molecule has 0 aromatic heterocycles. The summed E-state index contributed by atoms with van der Waals surface area (Å²) in [6.07, 6.45) is 2.11. The zero-order chi connectivity index (χ0) is 13.5. The highest BCUT2D eigenvalue weighted by atomic mass is 16.5. The van der Waals surface area contributed by atoms with Crippen molar-refractivity contribution < 1.29 is 9.47 Å². The van der Waals surface area contributed by atoms with E-state index >= 15 is 0 Å². The van der Waals surface area contributed by atoms with E-state index in [9.17, 15) is 0 Å². The third kappa shape index (κ3) is 5.09. The molecular weight excluding hydrogens is 240 g/mol. The van der Waals surface area contributed by atoms with E-state index in [0.29, 0.717) is 12.6 Å². The second-order valence-electron chi connectivity index (χ2n) is 5.12. The Morgan fingerprint density at radius 1 is 1.42 bits per heavy atom. The molecule has 1 N–H and O–H groups in total. The largest absolute Gasteiger partial charge is 0.492 e. The molecule has 1 saturated heterocycles. The van der Waals surface area contributed by atoms with E-state index in [2.05, 4.69) is 16.3 Å². The van der Waals surface area contributed by atoms with Gasteiger partial charge in [-0.1, -0.05) is 0 Å². The maximum atomic E-state index is 5.72. The summed E-state index contributed by atoms with van der Waals surface area (Å²) in [5.41, 5.74) is 1.01. The Balaban J connectivity index is 1.83. The number of anilines is 1. The lowest BCUT2D eigenvalue weighted by Crippen LogP contribution is -2.27. The monoisotopic (exact) mass is 263 g/mol. The fourth-order valence-electron chi connectivity index (χ4n) is 2.03. The molecule has 0 unspecified atom stereocenters. The molecule has 1 aliphatic rings. The van der Waals surface area contributed by atoms with Gasteiger partial charge in [0.15, 0.2) is 0 Å². The molecule has 0 spiro atoms. The Labute approximate surface area is 115 Å². The minimum absolute atomic E-state index is 0.488. The molecule has 0 amide bonds. The van der Waals surface area contributed by atoms with E-state index in [1.54, 1.807) is 0 Å². The molecule has 0 aliphatic carbocycles. The number of rotatable bonds is 6. The first kappa shape index (κ1) is 14.2. The van der Waals surface area contributed by atoms with Gasteiger partial charge in [0.2, 0.25) is 0 Å². The van der Waals surface area contributed by atoms with Gasteiger partial charge in [0.05, 0.1) is 0 Å². The summed E-state index contributed by atoms with van der Waals surface area (Å²) in [4.78, 5) is 2.11. The van der Waals surface area contributed by atoms with Crippen LogP contribution in [0.4, 0.5) is 5.69 Å². The predicted octanol–water partition coefficient (Wildman–Crippen LogP) is 2.02. The smallest absolute Gasteiger partial charge is 0.121 e. The number of ether oxygens (including phenoxy) is 2. The molecule has 1 fully saturated rings. The molecule has 1 aromatic rings. The fourth-order valence-corrected chi connectivity index (χ4v) is 2.03. The minimum atomic E-state index is 0.488. The maximum Gasteiger partial charge on any atom is 0.121 e. The van der Waals surface area contributed by atoms with Gasteiger partial charge in [-0.3, -0.25) is 0 Å². The number of nitrogens with one attached hydrogen (secondary N) is 1. The van der Waals surface area contributed by atoms with Crippen molar-refractivity contribution in [1.29, 1.82) is 0 Å². The van der Waals surface area contributed by atoms with Crippen LogP contribution >= 0.6 is 0 Å². The highest BCUT2D eigenvalue weighted by molar-refractivity contribution is 5.47. The van der Waals surface area contributed by atoms with Crippen molar-refractivity contribution >= 4 is 5.69 Å². The third-order valence-corrected chi connectivity index (χ3v) is 3.16. The lowest BCUT2D eigenvalue weighted by Gasteiger charge is -2.24. The lowest BCUT2D eigenvalue weighted by molar-refractivity contribution is 0.0904. The highest BCUT2D eigenvalue weighted by Crippen LogP contribution is 2.20. The van der Waals surface area contributed by atoms with Crippen molar-refractivity contribution in [3.8, 4) is 5.75 Å². The normalized spacial score (nSPS) is 16.6. The SMILES string of the molecule is CN(C)CCOc1cc[c]c(NC2CCOCC2)c1. The topological polar surface area (TPSA) is 33.7 Å². The summed E-state index contributed by atoms with van der Waals surface area (Å²) >= 11 is 0. The fraction of sp³-hybridized carbons (Fsp3) is 0.600. The van der Waals surface area contributed by atoms with Gasteiger partial charge in [-0.05, 0) is 39.1 Å². The van der Waals surface area contributed by atoms with Crippen LogP contribution in [-0.4, -0.2) is 51.4 Å². The van der Waals surface area contributed by atoms with Crippen LogP contribution in [0.5, 0.6) is 5.75 Å². The van der Waals surface area contributed by atoms with Crippen LogP contribution in [0.15, 0.2) is 18.2 Å². The molecular formula is C15H23N2O2. The van der Waals surface area contributed by atoms with E-state index in [-0.39, 0.29) is 0 Å². The second kappa shape index (κ2) is 7.36. The summed E-state index contributed by atoms with van der Waals surface area (Å²) in [6, 6.07) is 9.58. The standard InChI is InChI=1S/C15H23N2O2/c1-17(2)8-11-19-15-5-3-4-14(12-15)16-13-6-9-18-10-7-13/h3,5,12-13,16H,6-11H2,1-2H3. The molecule has 1 radical (unpaired) electrons. The molecule has 0 saturated carbocycles. The van der Waals surface area contributed by atoms with E-state index in [4.69, 9.17) is 9.47 Å². The van der Waals surface area contributed by atoms with Crippen molar-refractivity contribution in [3.05, 3.63) is 24.3 Å². The molecule has 1 heterocycles. The maximum absolute atomic E-state index is 5.72. The van der Waals surface area contributed by atoms with Crippen LogP contribution in [0.25, 0.3) is 0 Å². The summed E-state index contributed by atoms with van der Waals surface area (Å²) in [7, 11) is 4.08. The zero-order valence-electron chi connectivity index (χ0n) is 11.8. The molecule has 105 valence electrons. The Morgan fingerprint density at radius 2 is 2.21 bits per heavy atom. The first-order valence-corrected chi connectivity index (χ1v) is 6.87. The number of likely N-dealkylation sites (N-methyl/N-ethyl adjacent to an activating group) is 1. The minimum Gasteiger partial charge on any atom is -0.492 e. The number of benzene rings is 1. The van der Waals surface area contributed by atoms with Crippen LogP contribution in [0, 0.1) is 6.07 Å². The van der Waals surface area contributed by atoms with Crippen LogP contribution in [0.1, 0.15) is 12.8 Å². The Bertz CT molecular complexity index is 376. The van der Waals surface area contributed by atoms with E-state index in [0.717, 1.165) is 44.0 Å². The van der Waals surface area contributed by atoms with E-state index < -0.39 is 0 Å². The quantitative estimate of drug-likeness (QED) is 0.851. The second-order valence-corrected chi connectivity index (χ2v) is 5.12. The van der Waals surface area contributed by atoms with Gasteiger partial charge in [-0.2, -0.15) is 0 Å². The lowest BCUT2D eigenvalue weighted by atomic mass is 10.1. The number of hydrogen-bond acceptors (Lipinski definition) is 4. The van der Waals surface area contributed by atoms with Gasteiger partial charge in [0.25, 0.3) is 0 Å². The van der Waals surface area contributed by atoms with Crippen molar-refractivity contribution in [1.82, 2.24) is 4.90 Å². The first-order chi connectivity index (χ1) is 9.24. The molecule has 1 aromatic carbocycles. The van der Waals surface area contributed by atoms with Crippen molar-refractivity contribution in [2.45, 2.75) is 18.9 Å². The molecule has 19 heavy (non-hydrogen) atoms. The van der Waals surface area contributed by atoms with E-state index in [1.807, 2.05) is 32.3 Å². The highest BCUT2D eigenvalue weighted by Gasteiger charge is 2.13. The number of nitrogens with zero attached hydrogens (tertiary/aromatic N) is 1. The van der Waals surface area contributed by atoms with Crippen molar-refractivity contribution in [2.24, 2.45) is 0 Å². The van der Waals surface area contributed by atoms with Crippen LogP contribution < -0.4 is 10.1 Å². The average Bonchev–Trinajstić information content (AvgIpc) is 2.40. The van der Waals surface area contributed by atoms with Gasteiger partial charge in [0.1, 0.15) is 12.4 Å². The predicted molar refractivity (Wildman–Crippen MR) is 76.8 cm³/mol.